The van der Waals surface area contributed by atoms with Crippen LogP contribution in [0.4, 0.5) is 17.2 Å². The van der Waals surface area contributed by atoms with E-state index in [4.69, 9.17) is 0 Å². The Morgan fingerprint density at radius 1 is 1.10 bits per heavy atom. The van der Waals surface area contributed by atoms with Gasteiger partial charge in [-0.15, -0.1) is 0 Å². The van der Waals surface area contributed by atoms with Crippen LogP contribution >= 0.6 is 0 Å². The summed E-state index contributed by atoms with van der Waals surface area (Å²) < 4.78 is 1.61. The molecule has 0 aliphatic heterocycles. The van der Waals surface area contributed by atoms with E-state index < -0.39 is 32.0 Å². The van der Waals surface area contributed by atoms with Crippen molar-refractivity contribution in [2.75, 3.05) is 0 Å². The highest BCUT2D eigenvalue weighted by Crippen LogP contribution is 2.28. The van der Waals surface area contributed by atoms with Crippen molar-refractivity contribution in [2.24, 2.45) is 0 Å². The topological polar surface area (TPSA) is 165 Å². The Morgan fingerprint density at radius 3 is 2.38 bits per heavy atom. The molecule has 0 N–H and O–H groups in total. The fourth-order valence-electron chi connectivity index (χ4n) is 1.87. The van der Waals surface area contributed by atoms with Gasteiger partial charge in [-0.25, -0.2) is 0 Å². The first-order valence-electron chi connectivity index (χ1n) is 5.24. The van der Waals surface area contributed by atoms with E-state index in [1.165, 1.54) is 0 Å². The largest absolute Gasteiger partial charge is 0.361 e. The van der Waals surface area contributed by atoms with Crippen molar-refractivity contribution in [3.05, 3.63) is 48.7 Å². The van der Waals surface area contributed by atoms with E-state index in [2.05, 4.69) is 10.2 Å². The van der Waals surface area contributed by atoms with E-state index in [1.807, 2.05) is 0 Å². The van der Waals surface area contributed by atoms with E-state index in [9.17, 15) is 30.3 Å². The predicted molar refractivity (Wildman–Crippen MR) is 61.6 cm³/mol. The van der Waals surface area contributed by atoms with Crippen molar-refractivity contribution >= 4 is 28.2 Å². The fourth-order valence-corrected chi connectivity index (χ4v) is 1.87. The number of benzene rings is 1. The second-order valence-electron chi connectivity index (χ2n) is 3.89. The van der Waals surface area contributed by atoms with Crippen molar-refractivity contribution in [3.8, 4) is 0 Å². The third-order valence-electron chi connectivity index (χ3n) is 2.73. The Kier molecular flexibility index (Phi) is 2.32. The Balaban J connectivity index is 2.48. The first-order chi connectivity index (χ1) is 9.90. The van der Waals surface area contributed by atoms with Crippen molar-refractivity contribution in [1.82, 2.24) is 14.8 Å². The Bertz CT molecular complexity index is 940. The molecule has 106 valence electrons. The highest BCUT2D eigenvalue weighted by atomic mass is 16.6. The number of nitro groups is 3. The number of hydrogen-bond donors (Lipinski definition) is 0. The van der Waals surface area contributed by atoms with Gasteiger partial charge in [0.25, 0.3) is 5.69 Å². The highest BCUT2D eigenvalue weighted by molar-refractivity contribution is 5.84. The van der Waals surface area contributed by atoms with Gasteiger partial charge >= 0.3 is 11.2 Å². The molecule has 13 nitrogen and oxygen atoms in total. The Morgan fingerprint density at radius 2 is 1.81 bits per heavy atom. The molecule has 0 aliphatic rings. The van der Waals surface area contributed by atoms with Gasteiger partial charge in [-0.2, -0.15) is 4.63 Å². The maximum absolute atomic E-state index is 11.0. The standard InChI is InChI=1S/C8H3N7O6/c16-13(17)4-1-5-8(6(2-4)14(18)19)10-12-7(15(20)21)3-9-11(5)12/h1-3H. The zero-order valence-corrected chi connectivity index (χ0v) is 9.81. The molecule has 0 amide bonds. The van der Waals surface area contributed by atoms with Crippen LogP contribution in [0.2, 0.25) is 0 Å². The summed E-state index contributed by atoms with van der Waals surface area (Å²) in [6, 6.07) is 1.74. The molecule has 2 aromatic heterocycles. The molecule has 0 bridgehead atoms. The van der Waals surface area contributed by atoms with Gasteiger partial charge in [0, 0.05) is 6.20 Å². The average molecular weight is 293 g/mol. The number of fused-ring (bicyclic) bond motifs is 3. The molecule has 0 aliphatic carbocycles. The second kappa shape index (κ2) is 3.92. The molecule has 1 aromatic carbocycles. The van der Waals surface area contributed by atoms with Crippen molar-refractivity contribution in [2.45, 2.75) is 0 Å². The number of nitro benzene ring substituents is 2. The smallest absolute Gasteiger partial charge is 0.331 e. The van der Waals surface area contributed by atoms with E-state index in [0.29, 0.717) is 0 Å². The summed E-state index contributed by atoms with van der Waals surface area (Å²) in [5.74, 6) is -0.525. The molecule has 0 saturated carbocycles. The van der Waals surface area contributed by atoms with Crippen LogP contribution in [0.1, 0.15) is 0 Å². The second-order valence-corrected chi connectivity index (χ2v) is 3.89. The van der Waals surface area contributed by atoms with Gasteiger partial charge < -0.3 is 10.1 Å². The summed E-state index contributed by atoms with van der Waals surface area (Å²) in [7, 11) is 0. The molecule has 0 unspecified atom stereocenters. The minimum Gasteiger partial charge on any atom is -0.361 e. The maximum atomic E-state index is 11.0. The zero-order chi connectivity index (χ0) is 15.3. The summed E-state index contributed by atoms with van der Waals surface area (Å²) >= 11 is 0. The molecule has 3 rings (SSSR count). The van der Waals surface area contributed by atoms with Crippen molar-refractivity contribution in [3.63, 3.8) is 0 Å². The molecule has 0 fully saturated rings. The average Bonchev–Trinajstić information content (AvgIpc) is 2.95. The molecule has 0 atom stereocenters. The lowest BCUT2D eigenvalue weighted by atomic mass is 10.2. The Hall–Kier alpha value is -3.64. The van der Waals surface area contributed by atoms with Crippen molar-refractivity contribution < 1.29 is 19.4 Å². The lowest BCUT2D eigenvalue weighted by Gasteiger charge is -1.92. The minimum atomic E-state index is -0.853. The van der Waals surface area contributed by atoms with Gasteiger partial charge in [-0.3, -0.25) is 25.3 Å². The van der Waals surface area contributed by atoms with Crippen LogP contribution in [0.3, 0.4) is 0 Å². The van der Waals surface area contributed by atoms with Crippen LogP contribution in [0.5, 0.6) is 0 Å². The van der Waals surface area contributed by atoms with E-state index in [0.717, 1.165) is 27.6 Å². The maximum Gasteiger partial charge on any atom is 0.331 e. The first-order valence-corrected chi connectivity index (χ1v) is 5.24. The number of rotatable bonds is 3. The van der Waals surface area contributed by atoms with Crippen LogP contribution in [-0.2, 0) is 0 Å². The SMILES string of the molecule is O=[N+]([O-])c1cc([N+](=O)[O-])c2nn3c([N+](=O)[O-])c[n-][n+]3c2c1. The summed E-state index contributed by atoms with van der Waals surface area (Å²) in [5, 5.41) is 40.0. The first kappa shape index (κ1) is 12.4. The molecule has 2 heterocycles. The van der Waals surface area contributed by atoms with Crippen LogP contribution in [-0.4, -0.2) is 24.5 Å². The van der Waals surface area contributed by atoms with Gasteiger partial charge in [-0.05, 0) is 5.10 Å². The molecule has 0 radical (unpaired) electrons. The van der Waals surface area contributed by atoms with Gasteiger partial charge in [0.05, 0.1) is 22.0 Å². The zero-order valence-electron chi connectivity index (χ0n) is 9.81. The van der Waals surface area contributed by atoms with Crippen LogP contribution < -0.4 is 9.73 Å². The molecule has 0 saturated heterocycles. The molecule has 21 heavy (non-hydrogen) atoms. The Labute approximate surface area is 112 Å². The molecular weight excluding hydrogens is 290 g/mol. The normalized spacial score (nSPS) is 11.0. The summed E-state index contributed by atoms with van der Waals surface area (Å²) in [4.78, 5) is 30.1. The van der Waals surface area contributed by atoms with Gasteiger partial charge in [0.2, 0.25) is 11.3 Å². The quantitative estimate of drug-likeness (QED) is 0.362. The molecular formula is C8H3N7O6. The molecule has 0 spiro atoms. The summed E-state index contributed by atoms with van der Waals surface area (Å²) in [6.45, 7) is 0. The third-order valence-corrected chi connectivity index (χ3v) is 2.73. The summed E-state index contributed by atoms with van der Waals surface area (Å²) in [5.41, 5.74) is -1.49. The molecule has 3 aromatic rings. The number of non-ortho nitro benzene ring substituents is 2. The van der Waals surface area contributed by atoms with Crippen LogP contribution in [0.15, 0.2) is 18.3 Å². The van der Waals surface area contributed by atoms with Crippen LogP contribution in [0, 0.1) is 30.3 Å². The minimum absolute atomic E-state index is 0.0796. The van der Waals surface area contributed by atoms with Gasteiger partial charge in [0.1, 0.15) is 0 Å². The van der Waals surface area contributed by atoms with Crippen molar-refractivity contribution in [1.29, 1.82) is 0 Å². The van der Waals surface area contributed by atoms with Gasteiger partial charge in [-0.1, -0.05) is 9.55 Å². The lowest BCUT2D eigenvalue weighted by Crippen LogP contribution is -2.30. The van der Waals surface area contributed by atoms with Crippen LogP contribution in [0.25, 0.3) is 11.0 Å². The summed E-state index contributed by atoms with van der Waals surface area (Å²) in [6.07, 6.45) is 0.886. The third kappa shape index (κ3) is 1.64. The number of aromatic nitrogens is 4. The number of hydrogen-bond acceptors (Lipinski definition) is 7. The predicted octanol–water partition coefficient (Wildman–Crippen LogP) is -0.245. The molecule has 13 heteroatoms. The van der Waals surface area contributed by atoms with Gasteiger partial charge in [0.15, 0.2) is 0 Å². The van der Waals surface area contributed by atoms with E-state index in [1.54, 1.807) is 0 Å². The van der Waals surface area contributed by atoms with E-state index >= 15 is 0 Å². The van der Waals surface area contributed by atoms with E-state index in [-0.39, 0.29) is 11.0 Å². The lowest BCUT2D eigenvalue weighted by molar-refractivity contribution is -0.662. The highest BCUT2D eigenvalue weighted by Gasteiger charge is 2.28. The monoisotopic (exact) mass is 293 g/mol. The number of nitrogens with zero attached hydrogens (tertiary/aromatic N) is 7. The fraction of sp³-hybridized carbons (Fsp3) is 0.